The van der Waals surface area contributed by atoms with Crippen LogP contribution < -0.4 is 10.1 Å². The van der Waals surface area contributed by atoms with Gasteiger partial charge in [-0.1, -0.05) is 13.0 Å². The third kappa shape index (κ3) is 4.00. The van der Waals surface area contributed by atoms with Crippen LogP contribution >= 0.6 is 11.3 Å². The molecule has 0 unspecified atom stereocenters. The highest BCUT2D eigenvalue weighted by molar-refractivity contribution is 7.09. The number of nitrogens with zero attached hydrogens (tertiary/aromatic N) is 2. The van der Waals surface area contributed by atoms with Gasteiger partial charge >= 0.3 is 0 Å². The summed E-state index contributed by atoms with van der Waals surface area (Å²) < 4.78 is 5.62. The molecule has 18 heavy (non-hydrogen) atoms. The number of nitrogens with one attached hydrogen (secondary N) is 1. The standard InChI is InChI=1S/C13H17N3OS/c1-2-6-14-12-9-13(16-10-15-12)17-7-5-11-4-3-8-18-11/h3-4,8-10H,2,5-7H2,1H3,(H,14,15,16). The predicted molar refractivity (Wildman–Crippen MR) is 74.3 cm³/mol. The number of hydrogen-bond donors (Lipinski definition) is 1. The molecule has 0 bridgehead atoms. The Bertz CT molecular complexity index is 459. The summed E-state index contributed by atoms with van der Waals surface area (Å²) in [7, 11) is 0. The third-order valence-electron chi connectivity index (χ3n) is 2.38. The lowest BCUT2D eigenvalue weighted by Gasteiger charge is -2.06. The van der Waals surface area contributed by atoms with Gasteiger partial charge in [0, 0.05) is 23.9 Å². The lowest BCUT2D eigenvalue weighted by atomic mass is 10.4. The van der Waals surface area contributed by atoms with Crippen LogP contribution in [0.4, 0.5) is 5.82 Å². The first-order chi connectivity index (χ1) is 8.88. The molecule has 0 amide bonds. The first-order valence-electron chi connectivity index (χ1n) is 6.09. The monoisotopic (exact) mass is 263 g/mol. The summed E-state index contributed by atoms with van der Waals surface area (Å²) in [5, 5.41) is 5.29. The van der Waals surface area contributed by atoms with E-state index in [0.29, 0.717) is 12.5 Å². The van der Waals surface area contributed by atoms with E-state index in [1.807, 2.05) is 6.07 Å². The second-order valence-corrected chi connectivity index (χ2v) is 4.88. The maximum absolute atomic E-state index is 5.62. The molecule has 0 aliphatic rings. The molecule has 0 spiro atoms. The van der Waals surface area contributed by atoms with Crippen molar-refractivity contribution in [1.82, 2.24) is 9.97 Å². The number of rotatable bonds is 7. The van der Waals surface area contributed by atoms with Crippen molar-refractivity contribution < 1.29 is 4.74 Å². The Morgan fingerprint density at radius 2 is 2.33 bits per heavy atom. The van der Waals surface area contributed by atoms with E-state index >= 15 is 0 Å². The van der Waals surface area contributed by atoms with E-state index in [-0.39, 0.29) is 0 Å². The van der Waals surface area contributed by atoms with Gasteiger partial charge in [0.1, 0.15) is 12.1 Å². The van der Waals surface area contributed by atoms with E-state index in [1.165, 1.54) is 11.2 Å². The van der Waals surface area contributed by atoms with Gasteiger partial charge in [0.15, 0.2) is 0 Å². The topological polar surface area (TPSA) is 47.0 Å². The molecule has 0 saturated heterocycles. The zero-order valence-electron chi connectivity index (χ0n) is 10.4. The molecule has 4 nitrogen and oxygen atoms in total. The molecule has 2 aromatic heterocycles. The Morgan fingerprint density at radius 3 is 3.11 bits per heavy atom. The average Bonchev–Trinajstić information content (AvgIpc) is 2.90. The molecule has 96 valence electrons. The molecule has 0 fully saturated rings. The van der Waals surface area contributed by atoms with Gasteiger partial charge in [-0.15, -0.1) is 11.3 Å². The molecule has 0 saturated carbocycles. The third-order valence-corrected chi connectivity index (χ3v) is 3.31. The van der Waals surface area contributed by atoms with Gasteiger partial charge in [-0.2, -0.15) is 0 Å². The molecule has 0 aliphatic heterocycles. The maximum Gasteiger partial charge on any atom is 0.218 e. The molecule has 0 atom stereocenters. The highest BCUT2D eigenvalue weighted by atomic mass is 32.1. The van der Waals surface area contributed by atoms with Crippen molar-refractivity contribution in [3.05, 3.63) is 34.8 Å². The Morgan fingerprint density at radius 1 is 1.39 bits per heavy atom. The number of aromatic nitrogens is 2. The lowest BCUT2D eigenvalue weighted by molar-refractivity contribution is 0.310. The average molecular weight is 263 g/mol. The van der Waals surface area contributed by atoms with Crippen molar-refractivity contribution >= 4 is 17.2 Å². The molecular weight excluding hydrogens is 246 g/mol. The van der Waals surface area contributed by atoms with Crippen LogP contribution in [-0.4, -0.2) is 23.1 Å². The minimum atomic E-state index is 0.625. The Hall–Kier alpha value is -1.62. The van der Waals surface area contributed by atoms with Crippen LogP contribution in [0.5, 0.6) is 5.88 Å². The molecule has 5 heteroatoms. The van der Waals surface area contributed by atoms with Crippen LogP contribution in [0.3, 0.4) is 0 Å². The van der Waals surface area contributed by atoms with E-state index in [0.717, 1.165) is 25.2 Å². The first kappa shape index (κ1) is 12.8. The summed E-state index contributed by atoms with van der Waals surface area (Å²) in [5.41, 5.74) is 0. The van der Waals surface area contributed by atoms with Crippen molar-refractivity contribution in [3.63, 3.8) is 0 Å². The van der Waals surface area contributed by atoms with Gasteiger partial charge in [-0.05, 0) is 17.9 Å². The SMILES string of the molecule is CCCNc1cc(OCCc2cccs2)ncn1. The van der Waals surface area contributed by atoms with Gasteiger partial charge in [-0.3, -0.25) is 0 Å². The largest absolute Gasteiger partial charge is 0.477 e. The van der Waals surface area contributed by atoms with Crippen molar-refractivity contribution in [1.29, 1.82) is 0 Å². The van der Waals surface area contributed by atoms with Crippen molar-refractivity contribution in [2.75, 3.05) is 18.5 Å². The zero-order chi connectivity index (χ0) is 12.6. The first-order valence-corrected chi connectivity index (χ1v) is 6.97. The number of thiophene rings is 1. The molecule has 0 aliphatic carbocycles. The number of ether oxygens (including phenoxy) is 1. The molecule has 2 aromatic rings. The van der Waals surface area contributed by atoms with E-state index in [9.17, 15) is 0 Å². The zero-order valence-corrected chi connectivity index (χ0v) is 11.2. The van der Waals surface area contributed by atoms with E-state index < -0.39 is 0 Å². The molecule has 0 radical (unpaired) electrons. The van der Waals surface area contributed by atoms with Crippen LogP contribution in [0.2, 0.25) is 0 Å². The minimum absolute atomic E-state index is 0.625. The smallest absolute Gasteiger partial charge is 0.218 e. The van der Waals surface area contributed by atoms with Crippen molar-refractivity contribution in [2.24, 2.45) is 0 Å². The van der Waals surface area contributed by atoms with Gasteiger partial charge in [-0.25, -0.2) is 9.97 Å². The summed E-state index contributed by atoms with van der Waals surface area (Å²) in [5.74, 6) is 1.44. The van der Waals surface area contributed by atoms with Gasteiger partial charge in [0.05, 0.1) is 6.61 Å². The Kier molecular flexibility index (Phi) is 4.96. The molecule has 0 aromatic carbocycles. The van der Waals surface area contributed by atoms with Crippen LogP contribution in [0.1, 0.15) is 18.2 Å². The van der Waals surface area contributed by atoms with Crippen LogP contribution in [0, 0.1) is 0 Å². The van der Waals surface area contributed by atoms with Gasteiger partial charge in [0.25, 0.3) is 0 Å². The minimum Gasteiger partial charge on any atom is -0.477 e. The Balaban J connectivity index is 1.81. The lowest BCUT2D eigenvalue weighted by Crippen LogP contribution is -2.05. The summed E-state index contributed by atoms with van der Waals surface area (Å²) in [6.07, 6.45) is 3.51. The fourth-order valence-electron chi connectivity index (χ4n) is 1.48. The van der Waals surface area contributed by atoms with E-state index in [1.54, 1.807) is 11.3 Å². The van der Waals surface area contributed by atoms with E-state index in [4.69, 9.17) is 4.74 Å². The quantitative estimate of drug-likeness (QED) is 0.834. The summed E-state index contributed by atoms with van der Waals surface area (Å²) in [6.45, 7) is 3.67. The molecule has 2 rings (SSSR count). The maximum atomic E-state index is 5.62. The summed E-state index contributed by atoms with van der Waals surface area (Å²) >= 11 is 1.75. The molecule has 2 heterocycles. The molecule has 1 N–H and O–H groups in total. The predicted octanol–water partition coefficient (Wildman–Crippen LogP) is 2.98. The highest BCUT2D eigenvalue weighted by Gasteiger charge is 2.00. The fourth-order valence-corrected chi connectivity index (χ4v) is 2.17. The van der Waals surface area contributed by atoms with E-state index in [2.05, 4.69) is 39.7 Å². The number of hydrogen-bond acceptors (Lipinski definition) is 5. The van der Waals surface area contributed by atoms with Crippen LogP contribution in [0.15, 0.2) is 29.9 Å². The summed E-state index contributed by atoms with van der Waals surface area (Å²) in [4.78, 5) is 9.56. The second-order valence-electron chi connectivity index (χ2n) is 3.85. The fraction of sp³-hybridized carbons (Fsp3) is 0.385. The van der Waals surface area contributed by atoms with Crippen molar-refractivity contribution in [3.8, 4) is 5.88 Å². The second kappa shape index (κ2) is 6.96. The van der Waals surface area contributed by atoms with Gasteiger partial charge in [0.2, 0.25) is 5.88 Å². The van der Waals surface area contributed by atoms with Crippen molar-refractivity contribution in [2.45, 2.75) is 19.8 Å². The number of anilines is 1. The van der Waals surface area contributed by atoms with Crippen LogP contribution in [0.25, 0.3) is 0 Å². The molecular formula is C13H17N3OS. The van der Waals surface area contributed by atoms with Crippen LogP contribution in [-0.2, 0) is 6.42 Å². The van der Waals surface area contributed by atoms with Gasteiger partial charge < -0.3 is 10.1 Å². The Labute approximate surface area is 111 Å². The highest BCUT2D eigenvalue weighted by Crippen LogP contribution is 2.13. The normalized spacial score (nSPS) is 10.3. The summed E-state index contributed by atoms with van der Waals surface area (Å²) in [6, 6.07) is 6.00.